The van der Waals surface area contributed by atoms with Crippen molar-refractivity contribution >= 4 is 40.8 Å². The van der Waals surface area contributed by atoms with Gasteiger partial charge in [0.1, 0.15) is 5.75 Å². The van der Waals surface area contributed by atoms with Crippen molar-refractivity contribution in [3.8, 4) is 5.75 Å². The summed E-state index contributed by atoms with van der Waals surface area (Å²) in [6, 6.07) is 9.29. The molecule has 0 unspecified atom stereocenters. The molecule has 5 rings (SSSR count). The third-order valence-corrected chi connectivity index (χ3v) is 7.97. The van der Waals surface area contributed by atoms with Crippen LogP contribution in [0.25, 0.3) is 0 Å². The molecule has 2 aliphatic heterocycles. The zero-order chi connectivity index (χ0) is 27.3. The predicted molar refractivity (Wildman–Crippen MR) is 138 cm³/mol. The van der Waals surface area contributed by atoms with Gasteiger partial charge in [-0.15, -0.1) is 0 Å². The first-order valence-electron chi connectivity index (χ1n) is 12.8. The zero-order valence-electron chi connectivity index (χ0n) is 21.5. The van der Waals surface area contributed by atoms with Crippen LogP contribution in [0.3, 0.4) is 0 Å². The lowest BCUT2D eigenvalue weighted by molar-refractivity contribution is -0.385. The van der Waals surface area contributed by atoms with Gasteiger partial charge in [0.2, 0.25) is 17.7 Å². The second kappa shape index (κ2) is 9.66. The third-order valence-electron chi connectivity index (χ3n) is 7.97. The van der Waals surface area contributed by atoms with E-state index < -0.39 is 16.8 Å². The normalized spacial score (nSPS) is 25.1. The first-order valence-corrected chi connectivity index (χ1v) is 12.8. The van der Waals surface area contributed by atoms with Crippen molar-refractivity contribution in [1.29, 1.82) is 0 Å². The lowest BCUT2D eigenvalue weighted by atomic mass is 9.76. The summed E-state index contributed by atoms with van der Waals surface area (Å²) in [5.41, 5.74) is 1.86. The number of imide groups is 1. The number of amides is 3. The summed E-state index contributed by atoms with van der Waals surface area (Å²) >= 11 is 0. The largest absolute Gasteiger partial charge is 0.426 e. The minimum Gasteiger partial charge on any atom is -0.426 e. The maximum Gasteiger partial charge on any atom is 0.316 e. The number of hydrogen-bond acceptors (Lipinski definition) is 7. The van der Waals surface area contributed by atoms with E-state index in [2.05, 4.69) is 6.92 Å². The Morgan fingerprint density at radius 2 is 1.74 bits per heavy atom. The second-order valence-electron chi connectivity index (χ2n) is 10.6. The Balaban J connectivity index is 1.28. The first kappa shape index (κ1) is 25.6. The highest BCUT2D eigenvalue weighted by Gasteiger charge is 2.50. The van der Waals surface area contributed by atoms with Crippen molar-refractivity contribution < 1.29 is 28.8 Å². The summed E-state index contributed by atoms with van der Waals surface area (Å²) < 4.78 is 5.56. The molecule has 3 amide bonds. The van der Waals surface area contributed by atoms with Crippen LogP contribution in [0.15, 0.2) is 36.4 Å². The van der Waals surface area contributed by atoms with Crippen LogP contribution >= 0.6 is 0 Å². The Hall–Kier alpha value is -4.08. The van der Waals surface area contributed by atoms with Crippen LogP contribution in [0.1, 0.15) is 43.7 Å². The molecule has 2 saturated heterocycles. The van der Waals surface area contributed by atoms with Gasteiger partial charge in [-0.1, -0.05) is 13.0 Å². The molecule has 4 atom stereocenters. The molecule has 38 heavy (non-hydrogen) atoms. The van der Waals surface area contributed by atoms with E-state index in [-0.39, 0.29) is 54.0 Å². The average molecular weight is 520 g/mol. The number of benzene rings is 2. The number of nitro benzene ring substituents is 1. The number of nitrogens with zero attached hydrogens (tertiary/aromatic N) is 3. The fourth-order valence-electron chi connectivity index (χ4n) is 5.85. The van der Waals surface area contributed by atoms with Crippen molar-refractivity contribution in [2.24, 2.45) is 23.7 Å². The maximum atomic E-state index is 13.1. The van der Waals surface area contributed by atoms with Gasteiger partial charge in [-0.3, -0.25) is 29.3 Å². The molecule has 2 aromatic rings. The molecule has 3 fully saturated rings. The summed E-state index contributed by atoms with van der Waals surface area (Å²) in [6.45, 7) is 5.52. The van der Waals surface area contributed by atoms with Gasteiger partial charge in [-0.05, 0) is 68.9 Å². The van der Waals surface area contributed by atoms with Crippen LogP contribution in [0, 0.1) is 47.6 Å². The van der Waals surface area contributed by atoms with E-state index in [1.54, 1.807) is 44.2 Å². The van der Waals surface area contributed by atoms with Crippen molar-refractivity contribution in [3.05, 3.63) is 57.6 Å². The molecule has 0 aromatic heterocycles. The van der Waals surface area contributed by atoms with Crippen LogP contribution < -0.4 is 14.5 Å². The van der Waals surface area contributed by atoms with Crippen LogP contribution in [-0.4, -0.2) is 35.2 Å². The van der Waals surface area contributed by atoms with Gasteiger partial charge in [0.15, 0.2) is 0 Å². The van der Waals surface area contributed by atoms with Gasteiger partial charge < -0.3 is 9.64 Å². The van der Waals surface area contributed by atoms with Crippen molar-refractivity contribution in [2.45, 2.75) is 46.5 Å². The summed E-state index contributed by atoms with van der Waals surface area (Å²) in [4.78, 5) is 65.1. The van der Waals surface area contributed by atoms with Gasteiger partial charge >= 0.3 is 5.97 Å². The quantitative estimate of drug-likeness (QED) is 0.191. The van der Waals surface area contributed by atoms with Crippen molar-refractivity contribution in [3.63, 3.8) is 0 Å². The number of carbonyl (C=O) groups excluding carboxylic acids is 4. The molecule has 2 heterocycles. The van der Waals surface area contributed by atoms with Gasteiger partial charge in [0.25, 0.3) is 5.69 Å². The fourth-order valence-corrected chi connectivity index (χ4v) is 5.85. The lowest BCUT2D eigenvalue weighted by Gasteiger charge is -2.25. The van der Waals surface area contributed by atoms with Crippen molar-refractivity contribution in [1.82, 2.24) is 0 Å². The summed E-state index contributed by atoms with van der Waals surface area (Å²) in [7, 11) is 0. The highest BCUT2D eigenvalue weighted by Crippen LogP contribution is 2.43. The molecule has 0 spiro atoms. The standard InChI is InChI=1S/C28H29N3O7/c1-15-4-8-21-22(10-15)27(34)30(26(21)33)23-9-7-20(11-17(23)3)38-28(35)18-12-25(32)29(14-18)19-6-5-16(2)24(13-19)31(36)37/h5-7,9,11,13,15,18,21-22H,4,8,10,12,14H2,1-3H3/t15-,18+,21+,22+/m0/s1. The average Bonchev–Trinajstić information content (AvgIpc) is 3.37. The van der Waals surface area contributed by atoms with Crippen LogP contribution in [0.4, 0.5) is 17.1 Å². The number of anilines is 2. The highest BCUT2D eigenvalue weighted by atomic mass is 16.6. The Morgan fingerprint density at radius 1 is 1.00 bits per heavy atom. The number of fused-ring (bicyclic) bond motifs is 1. The Labute approximate surface area is 219 Å². The topological polar surface area (TPSA) is 127 Å². The zero-order valence-corrected chi connectivity index (χ0v) is 21.5. The first-order chi connectivity index (χ1) is 18.0. The molecule has 10 heteroatoms. The van der Waals surface area contributed by atoms with Gasteiger partial charge in [0.05, 0.1) is 34.1 Å². The molecule has 1 saturated carbocycles. The Morgan fingerprint density at radius 3 is 2.45 bits per heavy atom. The minimum atomic E-state index is -0.741. The Kier molecular flexibility index (Phi) is 6.50. The molecule has 0 N–H and O–H groups in total. The smallest absolute Gasteiger partial charge is 0.316 e. The van der Waals surface area contributed by atoms with E-state index in [9.17, 15) is 29.3 Å². The van der Waals surface area contributed by atoms with E-state index in [1.807, 2.05) is 0 Å². The molecule has 10 nitrogen and oxygen atoms in total. The van der Waals surface area contributed by atoms with E-state index in [0.717, 1.165) is 6.42 Å². The predicted octanol–water partition coefficient (Wildman–Crippen LogP) is 4.10. The number of rotatable bonds is 5. The number of carbonyl (C=O) groups is 4. The van der Waals surface area contributed by atoms with E-state index in [1.165, 1.54) is 15.9 Å². The summed E-state index contributed by atoms with van der Waals surface area (Å²) in [5.74, 6) is -1.87. The molecule has 1 aliphatic carbocycles. The minimum absolute atomic E-state index is 0.0485. The molecule has 0 radical (unpaired) electrons. The van der Waals surface area contributed by atoms with Gasteiger partial charge in [0, 0.05) is 24.6 Å². The number of aryl methyl sites for hydroxylation is 2. The molecular formula is C28H29N3O7. The van der Waals surface area contributed by atoms with E-state index in [4.69, 9.17) is 4.74 Å². The number of ether oxygens (including phenoxy) is 1. The number of hydrogen-bond donors (Lipinski definition) is 0. The van der Waals surface area contributed by atoms with Crippen LogP contribution in [-0.2, 0) is 19.2 Å². The molecule has 2 aromatic carbocycles. The van der Waals surface area contributed by atoms with Crippen molar-refractivity contribution in [2.75, 3.05) is 16.3 Å². The second-order valence-corrected chi connectivity index (χ2v) is 10.6. The fraction of sp³-hybridized carbons (Fsp3) is 0.429. The van der Waals surface area contributed by atoms with E-state index in [0.29, 0.717) is 41.3 Å². The van der Waals surface area contributed by atoms with E-state index >= 15 is 0 Å². The number of esters is 1. The monoisotopic (exact) mass is 519 g/mol. The molecule has 0 bridgehead atoms. The van der Waals surface area contributed by atoms with Gasteiger partial charge in [-0.2, -0.15) is 0 Å². The third kappa shape index (κ3) is 4.44. The summed E-state index contributed by atoms with van der Waals surface area (Å²) in [5, 5.41) is 11.3. The SMILES string of the molecule is Cc1cc(OC(=O)[C@@H]2CC(=O)N(c3ccc(C)c([N+](=O)[O-])c3)C2)ccc1N1C(=O)[C@@H]2CC[C@H](C)C[C@H]2C1=O. The molecular weight excluding hydrogens is 490 g/mol. The van der Waals surface area contributed by atoms with Gasteiger partial charge in [-0.25, -0.2) is 4.90 Å². The number of nitro groups is 1. The maximum absolute atomic E-state index is 13.1. The molecule has 3 aliphatic rings. The summed E-state index contributed by atoms with van der Waals surface area (Å²) in [6.07, 6.45) is 2.29. The Bertz CT molecular complexity index is 1370. The van der Waals surface area contributed by atoms with Crippen LogP contribution in [0.2, 0.25) is 0 Å². The highest BCUT2D eigenvalue weighted by molar-refractivity contribution is 6.22. The molecule has 198 valence electrons. The lowest BCUT2D eigenvalue weighted by Crippen LogP contribution is -2.31. The van der Waals surface area contributed by atoms with Crippen LogP contribution in [0.5, 0.6) is 5.75 Å².